The third-order valence-corrected chi connectivity index (χ3v) is 4.55. The Balaban J connectivity index is 1.38. The van der Waals surface area contributed by atoms with Crippen LogP contribution in [0.3, 0.4) is 0 Å². The topological polar surface area (TPSA) is 55.9 Å². The van der Waals surface area contributed by atoms with E-state index in [1.54, 1.807) is 0 Å². The number of benzene rings is 1. The van der Waals surface area contributed by atoms with Crippen LogP contribution in [0.15, 0.2) is 35.0 Å². The molecule has 0 saturated heterocycles. The largest absolute Gasteiger partial charge is 0.459 e. The van der Waals surface area contributed by atoms with Crippen molar-refractivity contribution in [1.82, 2.24) is 20.1 Å². The molecular formula is C17H19ClN4O. The predicted octanol–water partition coefficient (Wildman–Crippen LogP) is 3.91. The van der Waals surface area contributed by atoms with Crippen molar-refractivity contribution in [1.29, 1.82) is 0 Å². The molecule has 1 atom stereocenters. The van der Waals surface area contributed by atoms with Crippen LogP contribution in [-0.2, 0) is 6.54 Å². The van der Waals surface area contributed by atoms with Crippen LogP contribution in [0.25, 0.3) is 11.0 Å². The quantitative estimate of drug-likeness (QED) is 0.744. The van der Waals surface area contributed by atoms with Crippen LogP contribution >= 0.6 is 11.6 Å². The summed E-state index contributed by atoms with van der Waals surface area (Å²) in [5, 5.41) is 13.5. The normalized spacial score (nSPS) is 16.1. The van der Waals surface area contributed by atoms with E-state index in [0.29, 0.717) is 5.92 Å². The Morgan fingerprint density at radius 2 is 2.26 bits per heavy atom. The highest BCUT2D eigenvalue weighted by atomic mass is 35.5. The highest BCUT2D eigenvalue weighted by Gasteiger charge is 2.28. The standard InChI is InChI=1S/C17H19ClN4O/c1-11(16-9-13-8-14(18)4-5-15(13)23-16)19-6-7-22-10-20-21-17(22)12-2-3-12/h4-5,8-12,19H,2-3,6-7H2,1H3/t11-/m1/s1. The Morgan fingerprint density at radius 1 is 1.39 bits per heavy atom. The minimum Gasteiger partial charge on any atom is -0.459 e. The highest BCUT2D eigenvalue weighted by molar-refractivity contribution is 6.31. The van der Waals surface area contributed by atoms with Gasteiger partial charge < -0.3 is 14.3 Å². The second-order valence-electron chi connectivity index (χ2n) is 6.16. The van der Waals surface area contributed by atoms with Crippen molar-refractivity contribution in [2.45, 2.75) is 38.3 Å². The van der Waals surface area contributed by atoms with Gasteiger partial charge in [-0.1, -0.05) is 11.6 Å². The van der Waals surface area contributed by atoms with Crippen LogP contribution in [0.5, 0.6) is 0 Å². The molecule has 120 valence electrons. The van der Waals surface area contributed by atoms with Crippen molar-refractivity contribution >= 4 is 22.6 Å². The fraction of sp³-hybridized carbons (Fsp3) is 0.412. The smallest absolute Gasteiger partial charge is 0.135 e. The van der Waals surface area contributed by atoms with Gasteiger partial charge in [-0.15, -0.1) is 10.2 Å². The van der Waals surface area contributed by atoms with Crippen LogP contribution < -0.4 is 5.32 Å². The SMILES string of the molecule is C[C@@H](NCCn1cnnc1C1CC1)c1cc2cc(Cl)ccc2o1. The fourth-order valence-corrected chi connectivity index (χ4v) is 3.02. The van der Waals surface area contributed by atoms with Crippen molar-refractivity contribution in [3.05, 3.63) is 47.2 Å². The first-order chi connectivity index (χ1) is 11.2. The summed E-state index contributed by atoms with van der Waals surface area (Å²) in [5.41, 5.74) is 0.868. The number of fused-ring (bicyclic) bond motifs is 1. The Hall–Kier alpha value is -1.85. The third kappa shape index (κ3) is 3.12. The zero-order chi connectivity index (χ0) is 15.8. The number of nitrogens with zero attached hydrogens (tertiary/aromatic N) is 3. The molecule has 4 rings (SSSR count). The number of hydrogen-bond acceptors (Lipinski definition) is 4. The molecule has 3 aromatic rings. The maximum Gasteiger partial charge on any atom is 0.135 e. The molecule has 1 aliphatic carbocycles. The van der Waals surface area contributed by atoms with E-state index in [-0.39, 0.29) is 6.04 Å². The molecule has 0 unspecified atom stereocenters. The highest BCUT2D eigenvalue weighted by Crippen LogP contribution is 2.38. The molecule has 0 aliphatic heterocycles. The lowest BCUT2D eigenvalue weighted by Gasteiger charge is -2.12. The van der Waals surface area contributed by atoms with Gasteiger partial charge in [0.05, 0.1) is 6.04 Å². The lowest BCUT2D eigenvalue weighted by Crippen LogP contribution is -2.23. The summed E-state index contributed by atoms with van der Waals surface area (Å²) in [7, 11) is 0. The Kier molecular flexibility index (Phi) is 3.83. The fourth-order valence-electron chi connectivity index (χ4n) is 2.84. The number of aromatic nitrogens is 3. The Bertz CT molecular complexity index is 821. The monoisotopic (exact) mass is 330 g/mol. The van der Waals surface area contributed by atoms with Gasteiger partial charge in [0.15, 0.2) is 0 Å². The van der Waals surface area contributed by atoms with Gasteiger partial charge in [0.2, 0.25) is 0 Å². The molecule has 1 aliphatic rings. The average molecular weight is 331 g/mol. The van der Waals surface area contributed by atoms with Gasteiger partial charge in [0, 0.05) is 29.4 Å². The van der Waals surface area contributed by atoms with E-state index in [4.69, 9.17) is 16.0 Å². The molecular weight excluding hydrogens is 312 g/mol. The molecule has 1 saturated carbocycles. The molecule has 23 heavy (non-hydrogen) atoms. The van der Waals surface area contributed by atoms with E-state index in [9.17, 15) is 0 Å². The average Bonchev–Trinajstić information content (AvgIpc) is 3.12. The maximum atomic E-state index is 6.02. The van der Waals surface area contributed by atoms with Crippen molar-refractivity contribution in [2.24, 2.45) is 0 Å². The van der Waals surface area contributed by atoms with Crippen molar-refractivity contribution in [3.8, 4) is 0 Å². The molecule has 5 nitrogen and oxygen atoms in total. The third-order valence-electron chi connectivity index (χ3n) is 4.32. The van der Waals surface area contributed by atoms with E-state index in [0.717, 1.165) is 40.7 Å². The summed E-state index contributed by atoms with van der Waals surface area (Å²) < 4.78 is 8.04. The van der Waals surface area contributed by atoms with Crippen LogP contribution in [0.4, 0.5) is 0 Å². The maximum absolute atomic E-state index is 6.02. The first kappa shape index (κ1) is 14.7. The minimum absolute atomic E-state index is 0.141. The first-order valence-electron chi connectivity index (χ1n) is 8.01. The summed E-state index contributed by atoms with van der Waals surface area (Å²) in [5.74, 6) is 2.67. The van der Waals surface area contributed by atoms with Gasteiger partial charge in [0.25, 0.3) is 0 Å². The van der Waals surface area contributed by atoms with Crippen LogP contribution in [0, 0.1) is 0 Å². The molecule has 2 heterocycles. The number of halogens is 1. The van der Waals surface area contributed by atoms with E-state index in [1.807, 2.05) is 30.6 Å². The van der Waals surface area contributed by atoms with Gasteiger partial charge >= 0.3 is 0 Å². The summed E-state index contributed by atoms with van der Waals surface area (Å²) in [6.07, 6.45) is 4.30. The van der Waals surface area contributed by atoms with Crippen molar-refractivity contribution in [2.75, 3.05) is 6.54 Å². The Labute approximate surface area is 139 Å². The Morgan fingerprint density at radius 3 is 3.09 bits per heavy atom. The van der Waals surface area contributed by atoms with Crippen LogP contribution in [0.1, 0.15) is 43.3 Å². The molecule has 1 fully saturated rings. The van der Waals surface area contributed by atoms with Crippen molar-refractivity contribution < 1.29 is 4.42 Å². The molecule has 0 amide bonds. The minimum atomic E-state index is 0.141. The van der Waals surface area contributed by atoms with Gasteiger partial charge in [-0.05, 0) is 44.0 Å². The number of furan rings is 1. The number of nitrogens with one attached hydrogen (secondary N) is 1. The van der Waals surface area contributed by atoms with Gasteiger partial charge in [-0.3, -0.25) is 0 Å². The number of hydrogen-bond donors (Lipinski definition) is 1. The van der Waals surface area contributed by atoms with Crippen molar-refractivity contribution in [3.63, 3.8) is 0 Å². The predicted molar refractivity (Wildman–Crippen MR) is 89.6 cm³/mol. The molecule has 1 N–H and O–H groups in total. The second-order valence-corrected chi connectivity index (χ2v) is 6.60. The second kappa shape index (κ2) is 5.98. The lowest BCUT2D eigenvalue weighted by atomic mass is 10.2. The van der Waals surface area contributed by atoms with Gasteiger partial charge in [0.1, 0.15) is 23.5 Å². The molecule has 6 heteroatoms. The van der Waals surface area contributed by atoms with E-state index in [1.165, 1.54) is 12.8 Å². The van der Waals surface area contributed by atoms with Gasteiger partial charge in [-0.2, -0.15) is 0 Å². The molecule has 0 radical (unpaired) electrons. The van der Waals surface area contributed by atoms with Gasteiger partial charge in [-0.25, -0.2) is 0 Å². The summed E-state index contributed by atoms with van der Waals surface area (Å²) in [6, 6.07) is 7.87. The van der Waals surface area contributed by atoms with E-state index >= 15 is 0 Å². The van der Waals surface area contributed by atoms with E-state index < -0.39 is 0 Å². The number of rotatable bonds is 6. The molecule has 2 aromatic heterocycles. The molecule has 0 bridgehead atoms. The summed E-state index contributed by atoms with van der Waals surface area (Å²) in [6.45, 7) is 3.82. The molecule has 1 aromatic carbocycles. The van der Waals surface area contributed by atoms with Crippen LogP contribution in [0.2, 0.25) is 5.02 Å². The first-order valence-corrected chi connectivity index (χ1v) is 8.38. The molecule has 0 spiro atoms. The zero-order valence-electron chi connectivity index (χ0n) is 13.0. The van der Waals surface area contributed by atoms with E-state index in [2.05, 4.69) is 27.0 Å². The zero-order valence-corrected chi connectivity index (χ0v) is 13.8. The van der Waals surface area contributed by atoms with Crippen LogP contribution in [-0.4, -0.2) is 21.3 Å². The summed E-state index contributed by atoms with van der Waals surface area (Å²) in [4.78, 5) is 0. The lowest BCUT2D eigenvalue weighted by molar-refractivity contribution is 0.439. The summed E-state index contributed by atoms with van der Waals surface area (Å²) >= 11 is 6.02.